The summed E-state index contributed by atoms with van der Waals surface area (Å²) in [6.07, 6.45) is 1.84. The predicted molar refractivity (Wildman–Crippen MR) is 80.0 cm³/mol. The van der Waals surface area contributed by atoms with Crippen molar-refractivity contribution in [2.45, 2.75) is 6.04 Å². The van der Waals surface area contributed by atoms with Gasteiger partial charge in [-0.1, -0.05) is 72.3 Å². The zero-order valence-corrected chi connectivity index (χ0v) is 11.0. The second kappa shape index (κ2) is 5.29. The summed E-state index contributed by atoms with van der Waals surface area (Å²) in [4.78, 5) is 4.30. The lowest BCUT2D eigenvalue weighted by molar-refractivity contribution is 0.810. The van der Waals surface area contributed by atoms with Gasteiger partial charge in [0.05, 0.1) is 11.7 Å². The van der Waals surface area contributed by atoms with Gasteiger partial charge in [0.2, 0.25) is 0 Å². The SMILES string of the molecule is ClC1=C(c2ccccc2)NC(c2ccccc2)C=N1. The van der Waals surface area contributed by atoms with Crippen LogP contribution in [-0.2, 0) is 0 Å². The van der Waals surface area contributed by atoms with E-state index >= 15 is 0 Å². The van der Waals surface area contributed by atoms with Gasteiger partial charge in [0.25, 0.3) is 0 Å². The molecule has 94 valence electrons. The van der Waals surface area contributed by atoms with Gasteiger partial charge in [0.1, 0.15) is 0 Å². The van der Waals surface area contributed by atoms with E-state index in [1.54, 1.807) is 0 Å². The molecular formula is C16H13ClN2. The summed E-state index contributed by atoms with van der Waals surface area (Å²) < 4.78 is 0. The number of rotatable bonds is 2. The Morgan fingerprint density at radius 1 is 0.895 bits per heavy atom. The van der Waals surface area contributed by atoms with Crippen LogP contribution in [0.15, 0.2) is 70.8 Å². The average Bonchev–Trinajstić information content (AvgIpc) is 2.49. The molecule has 0 spiro atoms. The van der Waals surface area contributed by atoms with Crippen molar-refractivity contribution < 1.29 is 0 Å². The molecule has 19 heavy (non-hydrogen) atoms. The van der Waals surface area contributed by atoms with Gasteiger partial charge in [-0.3, -0.25) is 0 Å². The number of nitrogens with zero attached hydrogens (tertiary/aromatic N) is 1. The first-order valence-corrected chi connectivity index (χ1v) is 6.53. The third-order valence-corrected chi connectivity index (χ3v) is 3.35. The van der Waals surface area contributed by atoms with Gasteiger partial charge in [-0.15, -0.1) is 0 Å². The van der Waals surface area contributed by atoms with Gasteiger partial charge in [0.15, 0.2) is 5.16 Å². The van der Waals surface area contributed by atoms with E-state index in [-0.39, 0.29) is 6.04 Å². The maximum atomic E-state index is 6.19. The Kier molecular flexibility index (Phi) is 3.34. The summed E-state index contributed by atoms with van der Waals surface area (Å²) in [7, 11) is 0. The lowest BCUT2D eigenvalue weighted by Crippen LogP contribution is -2.24. The first kappa shape index (κ1) is 12.0. The molecule has 1 unspecified atom stereocenters. The largest absolute Gasteiger partial charge is 0.370 e. The van der Waals surface area contributed by atoms with Crippen molar-refractivity contribution in [3.05, 3.63) is 76.9 Å². The number of nitrogens with one attached hydrogen (secondary N) is 1. The van der Waals surface area contributed by atoms with Gasteiger partial charge in [0, 0.05) is 11.8 Å². The number of benzene rings is 2. The van der Waals surface area contributed by atoms with Crippen LogP contribution in [0.5, 0.6) is 0 Å². The number of hydrogen-bond donors (Lipinski definition) is 1. The number of hydrogen-bond acceptors (Lipinski definition) is 2. The smallest absolute Gasteiger partial charge is 0.152 e. The van der Waals surface area contributed by atoms with Gasteiger partial charge in [-0.2, -0.15) is 0 Å². The summed E-state index contributed by atoms with van der Waals surface area (Å²) in [6.45, 7) is 0. The molecule has 2 nitrogen and oxygen atoms in total. The molecule has 0 bridgehead atoms. The first-order chi connectivity index (χ1) is 9.34. The van der Waals surface area contributed by atoms with Crippen LogP contribution < -0.4 is 5.32 Å². The van der Waals surface area contributed by atoms with Gasteiger partial charge in [-0.05, 0) is 5.56 Å². The third-order valence-electron chi connectivity index (χ3n) is 3.06. The second-order valence-electron chi connectivity index (χ2n) is 4.34. The Morgan fingerprint density at radius 3 is 2.21 bits per heavy atom. The summed E-state index contributed by atoms with van der Waals surface area (Å²) in [5.41, 5.74) is 3.09. The van der Waals surface area contributed by atoms with E-state index in [0.29, 0.717) is 5.16 Å². The van der Waals surface area contributed by atoms with Crippen molar-refractivity contribution >= 4 is 23.5 Å². The van der Waals surface area contributed by atoms with Crippen molar-refractivity contribution in [2.24, 2.45) is 4.99 Å². The molecule has 1 aliphatic heterocycles. The Bertz CT molecular complexity index is 618. The highest BCUT2D eigenvalue weighted by molar-refractivity contribution is 6.33. The third kappa shape index (κ3) is 2.54. The minimum Gasteiger partial charge on any atom is -0.370 e. The molecule has 2 aromatic rings. The van der Waals surface area contributed by atoms with E-state index in [9.17, 15) is 0 Å². The van der Waals surface area contributed by atoms with Crippen LogP contribution in [0.1, 0.15) is 17.2 Å². The van der Waals surface area contributed by atoms with Crippen LogP contribution >= 0.6 is 11.6 Å². The van der Waals surface area contributed by atoms with Crippen LogP contribution in [0.2, 0.25) is 0 Å². The minimum atomic E-state index is 0.0545. The van der Waals surface area contributed by atoms with E-state index < -0.39 is 0 Å². The van der Waals surface area contributed by atoms with Crippen molar-refractivity contribution in [3.8, 4) is 0 Å². The Balaban J connectivity index is 1.92. The average molecular weight is 269 g/mol. The molecule has 0 aliphatic carbocycles. The maximum Gasteiger partial charge on any atom is 0.152 e. The highest BCUT2D eigenvalue weighted by atomic mass is 35.5. The second-order valence-corrected chi connectivity index (χ2v) is 4.70. The van der Waals surface area contributed by atoms with E-state index in [0.717, 1.165) is 11.3 Å². The van der Waals surface area contributed by atoms with Crippen LogP contribution in [0, 0.1) is 0 Å². The predicted octanol–water partition coefficient (Wildman–Crippen LogP) is 3.97. The van der Waals surface area contributed by atoms with Gasteiger partial charge >= 0.3 is 0 Å². The van der Waals surface area contributed by atoms with E-state index in [4.69, 9.17) is 11.6 Å². The zero-order valence-electron chi connectivity index (χ0n) is 10.3. The van der Waals surface area contributed by atoms with Gasteiger partial charge in [-0.25, -0.2) is 4.99 Å². The molecule has 2 aromatic carbocycles. The molecule has 0 amide bonds. The highest BCUT2D eigenvalue weighted by Gasteiger charge is 2.17. The van der Waals surface area contributed by atoms with Gasteiger partial charge < -0.3 is 5.32 Å². The quantitative estimate of drug-likeness (QED) is 0.819. The summed E-state index contributed by atoms with van der Waals surface area (Å²) in [5.74, 6) is 0. The Hall–Kier alpha value is -2.06. The fourth-order valence-corrected chi connectivity index (χ4v) is 2.31. The normalized spacial score (nSPS) is 18.3. The highest BCUT2D eigenvalue weighted by Crippen LogP contribution is 2.27. The van der Waals surface area contributed by atoms with Crippen molar-refractivity contribution in [1.29, 1.82) is 0 Å². The van der Waals surface area contributed by atoms with Crippen LogP contribution in [0.4, 0.5) is 0 Å². The monoisotopic (exact) mass is 268 g/mol. The molecule has 3 rings (SSSR count). The fourth-order valence-electron chi connectivity index (χ4n) is 2.09. The first-order valence-electron chi connectivity index (χ1n) is 6.15. The summed E-state index contributed by atoms with van der Waals surface area (Å²) in [6, 6.07) is 20.3. The number of aliphatic imine (C=N–C) groups is 1. The zero-order chi connectivity index (χ0) is 13.1. The minimum absolute atomic E-state index is 0.0545. The van der Waals surface area contributed by atoms with E-state index in [1.165, 1.54) is 5.56 Å². The molecule has 3 heteroatoms. The van der Waals surface area contributed by atoms with Crippen LogP contribution in [0.25, 0.3) is 5.70 Å². The van der Waals surface area contributed by atoms with Crippen molar-refractivity contribution in [1.82, 2.24) is 5.32 Å². The molecule has 0 saturated heterocycles. The molecule has 0 aromatic heterocycles. The standard InChI is InChI=1S/C16H13ClN2/c17-16-15(13-9-5-2-6-10-13)19-14(11-18-16)12-7-3-1-4-8-12/h1-11,14,19H. The molecule has 0 fully saturated rings. The van der Waals surface area contributed by atoms with E-state index in [2.05, 4.69) is 22.4 Å². The molecule has 0 saturated carbocycles. The van der Waals surface area contributed by atoms with Crippen molar-refractivity contribution in [2.75, 3.05) is 0 Å². The molecule has 1 N–H and O–H groups in total. The lowest BCUT2D eigenvalue weighted by Gasteiger charge is -2.23. The van der Waals surface area contributed by atoms with Crippen molar-refractivity contribution in [3.63, 3.8) is 0 Å². The molecule has 1 aliphatic rings. The molecule has 0 radical (unpaired) electrons. The van der Waals surface area contributed by atoms with E-state index in [1.807, 2.05) is 54.7 Å². The summed E-state index contributed by atoms with van der Waals surface area (Å²) in [5, 5.41) is 3.93. The topological polar surface area (TPSA) is 24.4 Å². The molecular weight excluding hydrogens is 256 g/mol. The lowest BCUT2D eigenvalue weighted by atomic mass is 10.1. The fraction of sp³-hybridized carbons (Fsp3) is 0.0625. The maximum absolute atomic E-state index is 6.19. The van der Waals surface area contributed by atoms with Crippen LogP contribution in [-0.4, -0.2) is 6.21 Å². The van der Waals surface area contributed by atoms with Crippen LogP contribution in [0.3, 0.4) is 0 Å². The molecule has 1 atom stereocenters. The summed E-state index contributed by atoms with van der Waals surface area (Å²) >= 11 is 6.19. The Labute approximate surface area is 117 Å². The Morgan fingerprint density at radius 2 is 1.53 bits per heavy atom. The number of halogens is 1. The molecule has 1 heterocycles.